The molecule has 2 heterocycles. The number of imide groups is 1. The van der Waals surface area contributed by atoms with Crippen LogP contribution in [-0.4, -0.2) is 29.4 Å². The molecule has 1 aliphatic heterocycles. The van der Waals surface area contributed by atoms with Crippen molar-refractivity contribution < 1.29 is 9.59 Å². The lowest BCUT2D eigenvalue weighted by atomic mass is 10.1. The number of anilines is 1. The minimum absolute atomic E-state index is 0.134. The van der Waals surface area contributed by atoms with Crippen molar-refractivity contribution in [3.05, 3.63) is 65.9 Å². The number of aromatic amines is 1. The number of aromatic nitrogens is 1. The molecule has 0 radical (unpaired) electrons. The molecule has 5 nitrogen and oxygen atoms in total. The van der Waals surface area contributed by atoms with E-state index in [1.165, 1.54) is 15.8 Å². The molecule has 1 aliphatic rings. The van der Waals surface area contributed by atoms with Crippen molar-refractivity contribution in [2.75, 3.05) is 11.4 Å². The minimum atomic E-state index is -0.451. The second-order valence-corrected chi connectivity index (χ2v) is 6.87. The molecule has 2 aromatic carbocycles. The molecule has 2 N–H and O–H groups in total. The van der Waals surface area contributed by atoms with Gasteiger partial charge >= 0.3 is 0 Å². The number of carbonyl (C=O) groups excluding carboxylic acids is 2. The molecule has 1 atom stereocenters. The van der Waals surface area contributed by atoms with E-state index in [1.54, 1.807) is 0 Å². The van der Waals surface area contributed by atoms with Crippen LogP contribution in [0.5, 0.6) is 0 Å². The lowest BCUT2D eigenvalue weighted by Crippen LogP contribution is -2.39. The molecular weight excluding hydrogens is 338 g/mol. The van der Waals surface area contributed by atoms with E-state index in [9.17, 15) is 9.59 Å². The number of benzene rings is 2. The molecule has 0 aliphatic carbocycles. The highest BCUT2D eigenvalue weighted by atomic mass is 16.2. The van der Waals surface area contributed by atoms with Crippen molar-refractivity contribution in [2.45, 2.75) is 32.2 Å². The number of hydrogen-bond acceptors (Lipinski definition) is 3. The molecule has 0 saturated carbocycles. The zero-order chi connectivity index (χ0) is 18.8. The molecule has 2 amide bonds. The summed E-state index contributed by atoms with van der Waals surface area (Å²) in [5.74, 6) is -0.287. The number of H-pyrrole nitrogens is 1. The summed E-state index contributed by atoms with van der Waals surface area (Å²) in [6.45, 7) is 2.68. The van der Waals surface area contributed by atoms with Crippen LogP contribution in [0.3, 0.4) is 0 Å². The molecule has 4 rings (SSSR count). The molecule has 138 valence electrons. The van der Waals surface area contributed by atoms with Crippen LogP contribution in [0.1, 0.15) is 24.5 Å². The Bertz CT molecular complexity index is 992. The van der Waals surface area contributed by atoms with Crippen LogP contribution in [0.15, 0.2) is 54.7 Å². The number of aryl methyl sites for hydroxylation is 1. The van der Waals surface area contributed by atoms with Crippen LogP contribution < -0.4 is 10.2 Å². The van der Waals surface area contributed by atoms with Crippen molar-refractivity contribution >= 4 is 28.4 Å². The van der Waals surface area contributed by atoms with Crippen LogP contribution in [0.25, 0.3) is 10.9 Å². The summed E-state index contributed by atoms with van der Waals surface area (Å²) >= 11 is 0. The maximum absolute atomic E-state index is 12.8. The van der Waals surface area contributed by atoms with E-state index in [-0.39, 0.29) is 18.2 Å². The fraction of sp³-hybridized carbons (Fsp3) is 0.273. The van der Waals surface area contributed by atoms with Gasteiger partial charge in [-0.05, 0) is 36.1 Å². The molecule has 0 bridgehead atoms. The van der Waals surface area contributed by atoms with Gasteiger partial charge in [-0.3, -0.25) is 9.59 Å². The zero-order valence-corrected chi connectivity index (χ0v) is 15.4. The fourth-order valence-corrected chi connectivity index (χ4v) is 3.79. The number of nitrogens with one attached hydrogen (secondary N) is 2. The lowest BCUT2D eigenvalue weighted by Gasteiger charge is -2.18. The van der Waals surface area contributed by atoms with Crippen molar-refractivity contribution in [3.8, 4) is 0 Å². The highest BCUT2D eigenvalue weighted by Crippen LogP contribution is 2.27. The van der Waals surface area contributed by atoms with E-state index in [2.05, 4.69) is 22.4 Å². The van der Waals surface area contributed by atoms with Gasteiger partial charge in [0.05, 0.1) is 18.2 Å². The van der Waals surface area contributed by atoms with Crippen LogP contribution in [0, 0.1) is 0 Å². The van der Waals surface area contributed by atoms with E-state index in [0.717, 1.165) is 29.6 Å². The summed E-state index contributed by atoms with van der Waals surface area (Å²) in [6.07, 6.45) is 3.81. The predicted molar refractivity (Wildman–Crippen MR) is 107 cm³/mol. The second kappa shape index (κ2) is 7.37. The summed E-state index contributed by atoms with van der Waals surface area (Å²) in [5.41, 5.74) is 4.06. The summed E-state index contributed by atoms with van der Waals surface area (Å²) in [5, 5.41) is 4.48. The molecule has 1 saturated heterocycles. The summed E-state index contributed by atoms with van der Waals surface area (Å²) in [7, 11) is 0. The van der Waals surface area contributed by atoms with Crippen LogP contribution in [0.4, 0.5) is 5.69 Å². The molecule has 1 fully saturated rings. The summed E-state index contributed by atoms with van der Waals surface area (Å²) < 4.78 is 0. The van der Waals surface area contributed by atoms with Crippen molar-refractivity contribution in [2.24, 2.45) is 0 Å². The molecule has 27 heavy (non-hydrogen) atoms. The number of amides is 2. The van der Waals surface area contributed by atoms with Crippen LogP contribution in [0.2, 0.25) is 0 Å². The van der Waals surface area contributed by atoms with Gasteiger partial charge in [-0.2, -0.15) is 0 Å². The SMILES string of the molecule is CCc1ccccc1N1C(=O)C[C@H](NCCc2c[nH]c3ccccc23)C1=O. The number of rotatable bonds is 6. The summed E-state index contributed by atoms with van der Waals surface area (Å²) in [6, 6.07) is 15.3. The fourth-order valence-electron chi connectivity index (χ4n) is 3.79. The second-order valence-electron chi connectivity index (χ2n) is 6.87. The highest BCUT2D eigenvalue weighted by Gasteiger charge is 2.39. The Morgan fingerprint density at radius 2 is 1.85 bits per heavy atom. The van der Waals surface area contributed by atoms with Gasteiger partial charge in [0.25, 0.3) is 5.91 Å². The zero-order valence-electron chi connectivity index (χ0n) is 15.4. The Morgan fingerprint density at radius 3 is 2.70 bits per heavy atom. The third-order valence-corrected chi connectivity index (χ3v) is 5.22. The molecule has 0 spiro atoms. The molecular formula is C22H23N3O2. The lowest BCUT2D eigenvalue weighted by molar-refractivity contribution is -0.121. The van der Waals surface area contributed by atoms with Gasteiger partial charge in [0.1, 0.15) is 0 Å². The Morgan fingerprint density at radius 1 is 1.07 bits per heavy atom. The number of nitrogens with zero attached hydrogens (tertiary/aromatic N) is 1. The van der Waals surface area contributed by atoms with Crippen molar-refractivity contribution in [1.82, 2.24) is 10.3 Å². The molecule has 3 aromatic rings. The Balaban J connectivity index is 1.43. The van der Waals surface area contributed by atoms with Gasteiger partial charge in [0, 0.05) is 23.6 Å². The van der Waals surface area contributed by atoms with Gasteiger partial charge < -0.3 is 10.3 Å². The smallest absolute Gasteiger partial charge is 0.251 e. The largest absolute Gasteiger partial charge is 0.361 e. The average Bonchev–Trinajstić information content (AvgIpc) is 3.23. The number of hydrogen-bond donors (Lipinski definition) is 2. The van der Waals surface area contributed by atoms with Gasteiger partial charge in [-0.15, -0.1) is 0 Å². The first kappa shape index (κ1) is 17.5. The number of carbonyl (C=O) groups is 2. The minimum Gasteiger partial charge on any atom is -0.361 e. The van der Waals surface area contributed by atoms with E-state index in [0.29, 0.717) is 6.54 Å². The molecule has 0 unspecified atom stereocenters. The molecule has 5 heteroatoms. The first-order valence-electron chi connectivity index (χ1n) is 9.42. The average molecular weight is 361 g/mol. The number of fused-ring (bicyclic) bond motifs is 1. The number of para-hydroxylation sites is 2. The third kappa shape index (κ3) is 3.26. The van der Waals surface area contributed by atoms with E-state index >= 15 is 0 Å². The van der Waals surface area contributed by atoms with Crippen molar-refractivity contribution in [1.29, 1.82) is 0 Å². The van der Waals surface area contributed by atoms with Crippen LogP contribution in [-0.2, 0) is 22.4 Å². The third-order valence-electron chi connectivity index (χ3n) is 5.22. The van der Waals surface area contributed by atoms with Crippen molar-refractivity contribution in [3.63, 3.8) is 0 Å². The van der Waals surface area contributed by atoms with E-state index < -0.39 is 6.04 Å². The highest BCUT2D eigenvalue weighted by molar-refractivity contribution is 6.22. The first-order chi connectivity index (χ1) is 13.2. The Labute approximate surface area is 158 Å². The predicted octanol–water partition coefficient (Wildman–Crippen LogP) is 3.19. The van der Waals surface area contributed by atoms with Gasteiger partial charge in [-0.1, -0.05) is 43.3 Å². The quantitative estimate of drug-likeness (QED) is 0.663. The Hall–Kier alpha value is -2.92. The normalized spacial score (nSPS) is 17.2. The maximum atomic E-state index is 12.8. The summed E-state index contributed by atoms with van der Waals surface area (Å²) in [4.78, 5) is 29.9. The monoisotopic (exact) mass is 361 g/mol. The van der Waals surface area contributed by atoms with E-state index in [1.807, 2.05) is 49.5 Å². The van der Waals surface area contributed by atoms with Gasteiger partial charge in [0.15, 0.2) is 0 Å². The van der Waals surface area contributed by atoms with Crippen LogP contribution >= 0.6 is 0 Å². The topological polar surface area (TPSA) is 65.2 Å². The molecule has 1 aromatic heterocycles. The first-order valence-corrected chi connectivity index (χ1v) is 9.42. The maximum Gasteiger partial charge on any atom is 0.251 e. The van der Waals surface area contributed by atoms with Gasteiger partial charge in [-0.25, -0.2) is 4.90 Å². The Kier molecular flexibility index (Phi) is 4.77. The standard InChI is InChI=1S/C22H23N3O2/c1-2-15-7-3-6-10-20(15)25-21(26)13-19(22(25)27)23-12-11-16-14-24-18-9-5-4-8-17(16)18/h3-10,14,19,23-24H,2,11-13H2,1H3/t19-/m0/s1. The van der Waals surface area contributed by atoms with E-state index in [4.69, 9.17) is 0 Å². The van der Waals surface area contributed by atoms with Gasteiger partial charge in [0.2, 0.25) is 5.91 Å².